The van der Waals surface area contributed by atoms with Crippen LogP contribution in [0.15, 0.2) is 18.2 Å². The van der Waals surface area contributed by atoms with Gasteiger partial charge in [-0.05, 0) is 56.9 Å². The van der Waals surface area contributed by atoms with E-state index >= 15 is 0 Å². The molecule has 1 saturated heterocycles. The first-order valence-electron chi connectivity index (χ1n) is 7.80. The Bertz CT molecular complexity index is 584. The molecule has 1 spiro atoms. The van der Waals surface area contributed by atoms with Crippen molar-refractivity contribution in [3.8, 4) is 0 Å². The molecule has 0 aliphatic carbocycles. The Hall–Kier alpha value is -1.75. The molecular formula is C17H24N2O3. The van der Waals surface area contributed by atoms with Crippen molar-refractivity contribution in [3.63, 3.8) is 0 Å². The van der Waals surface area contributed by atoms with E-state index in [2.05, 4.69) is 6.07 Å². The fraction of sp³-hybridized carbons (Fsp3) is 0.588. The highest BCUT2D eigenvalue weighted by molar-refractivity contribution is 5.68. The second-order valence-corrected chi connectivity index (χ2v) is 7.17. The van der Waals surface area contributed by atoms with Crippen molar-refractivity contribution < 1.29 is 14.3 Å². The van der Waals surface area contributed by atoms with Crippen LogP contribution in [0, 0.1) is 0 Å². The molecule has 2 heterocycles. The molecule has 5 nitrogen and oxygen atoms in total. The smallest absolute Gasteiger partial charge is 0.410 e. The molecule has 1 amide bonds. The molecule has 0 bridgehead atoms. The fourth-order valence-corrected chi connectivity index (χ4v) is 3.26. The molecule has 2 aliphatic heterocycles. The van der Waals surface area contributed by atoms with Crippen molar-refractivity contribution >= 4 is 11.8 Å². The van der Waals surface area contributed by atoms with Crippen LogP contribution in [-0.4, -0.2) is 29.7 Å². The summed E-state index contributed by atoms with van der Waals surface area (Å²) >= 11 is 0. The van der Waals surface area contributed by atoms with Crippen molar-refractivity contribution in [2.75, 3.05) is 18.8 Å². The van der Waals surface area contributed by atoms with Gasteiger partial charge in [-0.25, -0.2) is 4.79 Å². The molecule has 3 rings (SSSR count). The number of carbonyl (C=O) groups excluding carboxylic acids is 1. The van der Waals surface area contributed by atoms with Gasteiger partial charge in [0.15, 0.2) is 0 Å². The SMILES string of the molecule is CC(C)(C)OC(=O)N1CCC2(CC1)OCc1cc(N)ccc12. The summed E-state index contributed by atoms with van der Waals surface area (Å²) in [5.74, 6) is 0. The van der Waals surface area contributed by atoms with E-state index in [1.807, 2.05) is 32.9 Å². The number of fused-ring (bicyclic) bond motifs is 2. The second-order valence-electron chi connectivity index (χ2n) is 7.17. The Morgan fingerprint density at radius 2 is 2.00 bits per heavy atom. The standard InChI is InChI=1S/C17H24N2O3/c1-16(2,3)22-15(20)19-8-6-17(7-9-19)14-5-4-13(18)10-12(14)11-21-17/h4-5,10H,6-9,11,18H2,1-3H3. The molecule has 0 atom stereocenters. The van der Waals surface area contributed by atoms with E-state index in [9.17, 15) is 4.79 Å². The minimum Gasteiger partial charge on any atom is -0.444 e. The molecular weight excluding hydrogens is 280 g/mol. The third-order valence-electron chi connectivity index (χ3n) is 4.35. The predicted molar refractivity (Wildman–Crippen MR) is 84.4 cm³/mol. The number of ether oxygens (including phenoxy) is 2. The summed E-state index contributed by atoms with van der Waals surface area (Å²) in [5, 5.41) is 0. The van der Waals surface area contributed by atoms with Gasteiger partial charge in [0, 0.05) is 18.8 Å². The molecule has 0 unspecified atom stereocenters. The lowest BCUT2D eigenvalue weighted by Crippen LogP contribution is -2.46. The van der Waals surface area contributed by atoms with Crippen LogP contribution >= 0.6 is 0 Å². The number of carbonyl (C=O) groups is 1. The van der Waals surface area contributed by atoms with E-state index in [1.54, 1.807) is 4.90 Å². The van der Waals surface area contributed by atoms with Gasteiger partial charge >= 0.3 is 6.09 Å². The van der Waals surface area contributed by atoms with Crippen LogP contribution in [0.1, 0.15) is 44.7 Å². The van der Waals surface area contributed by atoms with Crippen molar-refractivity contribution in [1.29, 1.82) is 0 Å². The molecule has 1 aromatic carbocycles. The lowest BCUT2D eigenvalue weighted by molar-refractivity contribution is -0.0797. The van der Waals surface area contributed by atoms with Crippen LogP contribution in [0.25, 0.3) is 0 Å². The maximum Gasteiger partial charge on any atom is 0.410 e. The first-order valence-corrected chi connectivity index (χ1v) is 7.80. The molecule has 22 heavy (non-hydrogen) atoms. The van der Waals surface area contributed by atoms with E-state index in [4.69, 9.17) is 15.2 Å². The van der Waals surface area contributed by atoms with E-state index < -0.39 is 5.60 Å². The monoisotopic (exact) mass is 304 g/mol. The molecule has 0 aromatic heterocycles. The Kier molecular flexibility index (Phi) is 3.56. The third kappa shape index (κ3) is 2.77. The van der Waals surface area contributed by atoms with Crippen molar-refractivity contribution in [1.82, 2.24) is 4.90 Å². The fourth-order valence-electron chi connectivity index (χ4n) is 3.26. The summed E-state index contributed by atoms with van der Waals surface area (Å²) in [6.07, 6.45) is 1.35. The van der Waals surface area contributed by atoms with Crippen LogP contribution in [-0.2, 0) is 21.7 Å². The summed E-state index contributed by atoms with van der Waals surface area (Å²) in [4.78, 5) is 13.9. The van der Waals surface area contributed by atoms with Gasteiger partial charge in [-0.3, -0.25) is 0 Å². The van der Waals surface area contributed by atoms with Gasteiger partial charge in [-0.15, -0.1) is 0 Å². The molecule has 1 aromatic rings. The quantitative estimate of drug-likeness (QED) is 0.748. The largest absolute Gasteiger partial charge is 0.444 e. The Morgan fingerprint density at radius 3 is 2.64 bits per heavy atom. The molecule has 2 N–H and O–H groups in total. The van der Waals surface area contributed by atoms with Gasteiger partial charge in [-0.2, -0.15) is 0 Å². The van der Waals surface area contributed by atoms with Crippen LogP contribution in [0.4, 0.5) is 10.5 Å². The number of amides is 1. The second kappa shape index (κ2) is 5.16. The van der Waals surface area contributed by atoms with Crippen molar-refractivity contribution in [2.24, 2.45) is 0 Å². The van der Waals surface area contributed by atoms with Gasteiger partial charge < -0.3 is 20.1 Å². The number of hydrogen-bond donors (Lipinski definition) is 1. The van der Waals surface area contributed by atoms with Gasteiger partial charge in [0.25, 0.3) is 0 Å². The Morgan fingerprint density at radius 1 is 1.32 bits per heavy atom. The maximum absolute atomic E-state index is 12.2. The van der Waals surface area contributed by atoms with Crippen LogP contribution in [0.2, 0.25) is 0 Å². The average Bonchev–Trinajstić information content (AvgIpc) is 2.76. The molecule has 5 heteroatoms. The molecule has 1 fully saturated rings. The molecule has 0 saturated carbocycles. The summed E-state index contributed by atoms with van der Waals surface area (Å²) in [7, 11) is 0. The zero-order chi connectivity index (χ0) is 16.0. The summed E-state index contributed by atoms with van der Waals surface area (Å²) in [6.45, 7) is 7.56. The summed E-state index contributed by atoms with van der Waals surface area (Å²) in [6, 6.07) is 5.99. The van der Waals surface area contributed by atoms with Gasteiger partial charge in [-0.1, -0.05) is 6.07 Å². The molecule has 120 valence electrons. The minimum absolute atomic E-state index is 0.238. The van der Waals surface area contributed by atoms with E-state index in [-0.39, 0.29) is 11.7 Å². The first kappa shape index (κ1) is 15.2. The zero-order valence-electron chi connectivity index (χ0n) is 13.5. The number of nitrogens with zero attached hydrogens (tertiary/aromatic N) is 1. The number of piperidine rings is 1. The number of anilines is 1. The van der Waals surface area contributed by atoms with Crippen LogP contribution < -0.4 is 5.73 Å². The number of rotatable bonds is 0. The highest BCUT2D eigenvalue weighted by atomic mass is 16.6. The zero-order valence-corrected chi connectivity index (χ0v) is 13.5. The highest BCUT2D eigenvalue weighted by Crippen LogP contribution is 2.44. The number of nitrogens with two attached hydrogens (primary N) is 1. The number of likely N-dealkylation sites (tertiary alicyclic amines) is 1. The highest BCUT2D eigenvalue weighted by Gasteiger charge is 2.43. The van der Waals surface area contributed by atoms with E-state index in [0.717, 1.165) is 18.5 Å². The maximum atomic E-state index is 12.2. The van der Waals surface area contributed by atoms with Gasteiger partial charge in [0.05, 0.1) is 12.2 Å². The molecule has 0 radical (unpaired) electrons. The van der Waals surface area contributed by atoms with E-state index in [1.165, 1.54) is 11.1 Å². The number of benzene rings is 1. The van der Waals surface area contributed by atoms with Crippen LogP contribution in [0.3, 0.4) is 0 Å². The predicted octanol–water partition coefficient (Wildman–Crippen LogP) is 3.03. The van der Waals surface area contributed by atoms with E-state index in [0.29, 0.717) is 19.7 Å². The Balaban J connectivity index is 1.69. The normalized spacial score (nSPS) is 20.0. The average molecular weight is 304 g/mol. The minimum atomic E-state index is -0.458. The lowest BCUT2D eigenvalue weighted by Gasteiger charge is -2.39. The van der Waals surface area contributed by atoms with Gasteiger partial charge in [0.1, 0.15) is 5.60 Å². The third-order valence-corrected chi connectivity index (χ3v) is 4.35. The van der Waals surface area contributed by atoms with Crippen LogP contribution in [0.5, 0.6) is 0 Å². The van der Waals surface area contributed by atoms with Gasteiger partial charge in [0.2, 0.25) is 0 Å². The molecule has 2 aliphatic rings. The number of nitrogen functional groups attached to an aromatic ring is 1. The van der Waals surface area contributed by atoms with Crippen molar-refractivity contribution in [2.45, 2.75) is 51.4 Å². The summed E-state index contributed by atoms with van der Waals surface area (Å²) in [5.41, 5.74) is 8.29. The first-order chi connectivity index (χ1) is 10.3. The number of hydrogen-bond acceptors (Lipinski definition) is 4. The Labute approximate surface area is 131 Å². The van der Waals surface area contributed by atoms with Crippen molar-refractivity contribution in [3.05, 3.63) is 29.3 Å². The lowest BCUT2D eigenvalue weighted by atomic mass is 9.84. The summed E-state index contributed by atoms with van der Waals surface area (Å²) < 4.78 is 11.5. The topological polar surface area (TPSA) is 64.8 Å².